The molecular formula is C38H50N2O12. The molecule has 0 atom stereocenters. The van der Waals surface area contributed by atoms with Crippen molar-refractivity contribution in [2.24, 2.45) is 0 Å². The molecule has 0 unspecified atom stereocenters. The van der Waals surface area contributed by atoms with E-state index in [0.717, 1.165) is 0 Å². The fourth-order valence-electron chi connectivity index (χ4n) is 5.32. The number of carbonyl (C=O) groups excluding carboxylic acids is 1. The van der Waals surface area contributed by atoms with Gasteiger partial charge in [0.05, 0.1) is 90.8 Å². The average molecular weight is 727 g/mol. The van der Waals surface area contributed by atoms with E-state index in [2.05, 4.69) is 29.6 Å². The molecular weight excluding hydrogens is 676 g/mol. The van der Waals surface area contributed by atoms with E-state index in [1.807, 2.05) is 24.3 Å². The predicted molar refractivity (Wildman–Crippen MR) is 192 cm³/mol. The van der Waals surface area contributed by atoms with Gasteiger partial charge in [0.25, 0.3) is 5.69 Å². The van der Waals surface area contributed by atoms with Crippen molar-refractivity contribution in [3.05, 3.63) is 94.0 Å². The number of nitrogens with one attached hydrogen (secondary N) is 1. The molecule has 0 radical (unpaired) electrons. The standard InChI is InChI=1S/C38H50N2O12/c41-38(52-30-37-35-8-3-1-6-33(35)34-7-2-4-9-36(34)37)39-14-5-15-44-16-17-45-18-19-46-20-21-47-22-23-48-24-25-49-26-27-50-28-29-51-32-12-10-31(11-13-32)40(42)43/h1-4,6-13,37H,5,14-30H2,(H,39,41). The highest BCUT2D eigenvalue weighted by Crippen LogP contribution is 2.44. The molecule has 3 aromatic carbocycles. The second-order valence-corrected chi connectivity index (χ2v) is 11.5. The topological polar surface area (TPSA) is 155 Å². The van der Waals surface area contributed by atoms with Crippen LogP contribution in [0.2, 0.25) is 0 Å². The molecule has 3 aromatic rings. The van der Waals surface area contributed by atoms with Crippen molar-refractivity contribution in [2.75, 3.05) is 112 Å². The van der Waals surface area contributed by atoms with Crippen molar-refractivity contribution in [3.63, 3.8) is 0 Å². The molecule has 0 bridgehead atoms. The van der Waals surface area contributed by atoms with E-state index in [9.17, 15) is 14.9 Å². The van der Waals surface area contributed by atoms with Gasteiger partial charge in [0.2, 0.25) is 0 Å². The van der Waals surface area contributed by atoms with Crippen molar-refractivity contribution in [3.8, 4) is 16.9 Å². The van der Waals surface area contributed by atoms with Crippen LogP contribution in [0.25, 0.3) is 11.1 Å². The summed E-state index contributed by atoms with van der Waals surface area (Å²) < 4.78 is 49.5. The van der Waals surface area contributed by atoms with Crippen LogP contribution in [-0.2, 0) is 37.9 Å². The molecule has 1 aliphatic carbocycles. The number of hydrogen-bond acceptors (Lipinski definition) is 12. The quantitative estimate of drug-likeness (QED) is 0.0580. The van der Waals surface area contributed by atoms with Gasteiger partial charge < -0.3 is 47.9 Å². The number of hydrogen-bond donors (Lipinski definition) is 1. The third-order valence-corrected chi connectivity index (χ3v) is 7.85. The van der Waals surface area contributed by atoms with Gasteiger partial charge in [0, 0.05) is 31.2 Å². The molecule has 0 heterocycles. The van der Waals surface area contributed by atoms with Crippen molar-refractivity contribution < 1.29 is 52.3 Å². The SMILES string of the molecule is O=C(NCCCOCCOCCOCCOCCOCCOCCOCCOc1ccc([N+](=O)[O-])cc1)OCC1c2ccccc2-c2ccccc21. The van der Waals surface area contributed by atoms with Crippen LogP contribution in [0, 0.1) is 10.1 Å². The molecule has 0 saturated carbocycles. The van der Waals surface area contributed by atoms with Crippen molar-refractivity contribution in [2.45, 2.75) is 12.3 Å². The maximum Gasteiger partial charge on any atom is 0.407 e. The molecule has 14 nitrogen and oxygen atoms in total. The highest BCUT2D eigenvalue weighted by Gasteiger charge is 2.28. The molecule has 0 aliphatic heterocycles. The zero-order valence-corrected chi connectivity index (χ0v) is 29.6. The van der Waals surface area contributed by atoms with Gasteiger partial charge in [0.1, 0.15) is 19.0 Å². The van der Waals surface area contributed by atoms with E-state index in [4.69, 9.17) is 42.6 Å². The first-order valence-corrected chi connectivity index (χ1v) is 17.6. The highest BCUT2D eigenvalue weighted by atomic mass is 16.6. The van der Waals surface area contributed by atoms with Crippen LogP contribution in [0.15, 0.2) is 72.8 Å². The number of benzene rings is 3. The van der Waals surface area contributed by atoms with Gasteiger partial charge in [-0.3, -0.25) is 10.1 Å². The lowest BCUT2D eigenvalue weighted by atomic mass is 9.98. The summed E-state index contributed by atoms with van der Waals surface area (Å²) >= 11 is 0. The number of non-ortho nitro benzene ring substituents is 1. The number of fused-ring (bicyclic) bond motifs is 3. The maximum absolute atomic E-state index is 12.3. The Morgan fingerprint density at radius 3 is 1.46 bits per heavy atom. The third kappa shape index (κ3) is 15.2. The maximum atomic E-state index is 12.3. The first-order chi connectivity index (χ1) is 25.6. The molecule has 1 aliphatic rings. The van der Waals surface area contributed by atoms with E-state index in [1.165, 1.54) is 34.4 Å². The molecule has 1 amide bonds. The molecule has 14 heteroatoms. The van der Waals surface area contributed by atoms with Crippen molar-refractivity contribution in [1.82, 2.24) is 5.32 Å². The summed E-state index contributed by atoms with van der Waals surface area (Å²) in [6, 6.07) is 22.4. The zero-order chi connectivity index (χ0) is 36.5. The lowest BCUT2D eigenvalue weighted by Crippen LogP contribution is -2.27. The summed E-state index contributed by atoms with van der Waals surface area (Å²) in [6.45, 7) is 7.55. The number of nitrogens with zero attached hydrogens (tertiary/aromatic N) is 1. The highest BCUT2D eigenvalue weighted by molar-refractivity contribution is 5.79. The molecule has 1 N–H and O–H groups in total. The number of alkyl carbamates (subject to hydrolysis) is 1. The Balaban J connectivity index is 0.821. The largest absolute Gasteiger partial charge is 0.491 e. The van der Waals surface area contributed by atoms with E-state index in [-0.39, 0.29) is 11.6 Å². The summed E-state index contributed by atoms with van der Waals surface area (Å²) in [5.41, 5.74) is 4.81. The Hall–Kier alpha value is -4.15. The van der Waals surface area contributed by atoms with Crippen LogP contribution in [0.4, 0.5) is 10.5 Å². The van der Waals surface area contributed by atoms with Crippen LogP contribution in [-0.4, -0.2) is 123 Å². The van der Waals surface area contributed by atoms with Gasteiger partial charge >= 0.3 is 6.09 Å². The van der Waals surface area contributed by atoms with Gasteiger partial charge in [-0.05, 0) is 40.8 Å². The van der Waals surface area contributed by atoms with Gasteiger partial charge in [-0.2, -0.15) is 0 Å². The number of rotatable bonds is 29. The molecule has 0 spiro atoms. The second kappa shape index (κ2) is 24.9. The summed E-state index contributed by atoms with van der Waals surface area (Å²) in [5, 5.41) is 13.4. The number of amides is 1. The van der Waals surface area contributed by atoms with Gasteiger partial charge in [-0.25, -0.2) is 4.79 Å². The zero-order valence-electron chi connectivity index (χ0n) is 29.6. The Bertz CT molecular complexity index is 1400. The molecule has 0 fully saturated rings. The molecule has 0 aromatic heterocycles. The summed E-state index contributed by atoms with van der Waals surface area (Å²) in [4.78, 5) is 22.5. The van der Waals surface area contributed by atoms with Crippen LogP contribution in [0.3, 0.4) is 0 Å². The first kappa shape index (κ1) is 40.6. The van der Waals surface area contributed by atoms with E-state index >= 15 is 0 Å². The third-order valence-electron chi connectivity index (χ3n) is 7.85. The van der Waals surface area contributed by atoms with Crippen molar-refractivity contribution >= 4 is 11.8 Å². The Morgan fingerprint density at radius 2 is 1.00 bits per heavy atom. The van der Waals surface area contributed by atoms with Crippen LogP contribution in [0.5, 0.6) is 5.75 Å². The van der Waals surface area contributed by atoms with E-state index < -0.39 is 11.0 Å². The second-order valence-electron chi connectivity index (χ2n) is 11.5. The van der Waals surface area contributed by atoms with Crippen LogP contribution >= 0.6 is 0 Å². The number of carbonyl (C=O) groups is 1. The van der Waals surface area contributed by atoms with Crippen LogP contribution < -0.4 is 10.1 Å². The van der Waals surface area contributed by atoms with Gasteiger partial charge in [0.15, 0.2) is 0 Å². The number of ether oxygens (including phenoxy) is 9. The smallest absolute Gasteiger partial charge is 0.407 e. The summed E-state index contributed by atoms with van der Waals surface area (Å²) in [7, 11) is 0. The van der Waals surface area contributed by atoms with Gasteiger partial charge in [-0.15, -0.1) is 0 Å². The van der Waals surface area contributed by atoms with Gasteiger partial charge in [-0.1, -0.05) is 48.5 Å². The fraction of sp³-hybridized carbons (Fsp3) is 0.500. The lowest BCUT2D eigenvalue weighted by Gasteiger charge is -2.14. The number of nitro groups is 1. The Morgan fingerprint density at radius 1 is 0.577 bits per heavy atom. The van der Waals surface area contributed by atoms with Crippen molar-refractivity contribution in [1.29, 1.82) is 0 Å². The van der Waals surface area contributed by atoms with Crippen LogP contribution in [0.1, 0.15) is 23.5 Å². The van der Waals surface area contributed by atoms with E-state index in [0.29, 0.717) is 124 Å². The predicted octanol–water partition coefficient (Wildman–Crippen LogP) is 5.02. The average Bonchev–Trinajstić information content (AvgIpc) is 3.49. The molecule has 0 saturated heterocycles. The minimum absolute atomic E-state index is 0.0226. The summed E-state index contributed by atoms with van der Waals surface area (Å²) in [6.07, 6.45) is 0.254. The molecule has 4 rings (SSSR count). The minimum Gasteiger partial charge on any atom is -0.491 e. The Kier molecular flexibility index (Phi) is 19.5. The normalized spacial score (nSPS) is 12.0. The monoisotopic (exact) mass is 726 g/mol. The molecule has 52 heavy (non-hydrogen) atoms. The number of nitro benzene ring substituents is 1. The van der Waals surface area contributed by atoms with E-state index in [1.54, 1.807) is 12.1 Å². The molecule has 284 valence electrons. The summed E-state index contributed by atoms with van der Waals surface area (Å²) in [5.74, 6) is 0.596. The first-order valence-electron chi connectivity index (χ1n) is 17.6. The Labute approximate surface area is 304 Å². The fourth-order valence-corrected chi connectivity index (χ4v) is 5.32. The lowest BCUT2D eigenvalue weighted by molar-refractivity contribution is -0.384. The minimum atomic E-state index is -0.453.